The van der Waals surface area contributed by atoms with Crippen LogP contribution in [0, 0.1) is 26.2 Å². The van der Waals surface area contributed by atoms with E-state index in [-0.39, 0.29) is 18.7 Å². The van der Waals surface area contributed by atoms with Gasteiger partial charge >= 0.3 is 6.18 Å². The summed E-state index contributed by atoms with van der Waals surface area (Å²) in [6.07, 6.45) is 0.395. The number of carbonyl (C=O) groups excluding carboxylic acids is 2. The van der Waals surface area contributed by atoms with Gasteiger partial charge in [-0.2, -0.15) is 13.2 Å². The summed E-state index contributed by atoms with van der Waals surface area (Å²) >= 11 is 6.04. The molecule has 0 radical (unpaired) electrons. The third-order valence-corrected chi connectivity index (χ3v) is 4.96. The van der Waals surface area contributed by atoms with Gasteiger partial charge < -0.3 is 0 Å². The summed E-state index contributed by atoms with van der Waals surface area (Å²) < 4.78 is 39.6. The molecule has 0 spiro atoms. The van der Waals surface area contributed by atoms with Gasteiger partial charge in [0.05, 0.1) is 13.0 Å². The van der Waals surface area contributed by atoms with Crippen molar-refractivity contribution in [3.05, 3.63) is 46.2 Å². The van der Waals surface area contributed by atoms with Crippen molar-refractivity contribution in [2.24, 2.45) is 0 Å². The van der Waals surface area contributed by atoms with Gasteiger partial charge in [0.25, 0.3) is 5.91 Å². The molecule has 2 heterocycles. The molecule has 1 N–H and O–H groups in total. The van der Waals surface area contributed by atoms with Crippen LogP contribution in [0.5, 0.6) is 0 Å². The minimum Gasteiger partial charge on any atom is -0.299 e. The third kappa shape index (κ3) is 4.72. The van der Waals surface area contributed by atoms with Crippen LogP contribution in [0.3, 0.4) is 0 Å². The van der Waals surface area contributed by atoms with Crippen LogP contribution in [-0.4, -0.2) is 34.4 Å². The maximum Gasteiger partial charge on any atom is 0.433 e. The molecule has 2 amide bonds. The van der Waals surface area contributed by atoms with Crippen LogP contribution in [0.4, 0.5) is 24.8 Å². The molecule has 7 nitrogen and oxygen atoms in total. The maximum atomic E-state index is 13.3. The maximum absolute atomic E-state index is 13.3. The zero-order valence-corrected chi connectivity index (χ0v) is 17.3. The molecule has 1 aromatic heterocycles. The summed E-state index contributed by atoms with van der Waals surface area (Å²) in [5.41, 5.74) is 2.33. The fourth-order valence-corrected chi connectivity index (χ4v) is 3.20. The van der Waals surface area contributed by atoms with Gasteiger partial charge in [-0.15, -0.1) is 6.42 Å². The van der Waals surface area contributed by atoms with Gasteiger partial charge in [-0.25, -0.2) is 15.0 Å². The molecule has 0 aliphatic carbocycles. The van der Waals surface area contributed by atoms with Crippen molar-refractivity contribution in [3.8, 4) is 12.3 Å². The van der Waals surface area contributed by atoms with Gasteiger partial charge in [-0.05, 0) is 43.7 Å². The average molecular weight is 452 g/mol. The molecule has 1 aliphatic heterocycles. The van der Waals surface area contributed by atoms with Crippen LogP contribution in [0.1, 0.15) is 23.4 Å². The first kappa shape index (κ1) is 22.4. The number of terminal acetylenes is 1. The number of nitrogens with one attached hydrogen (secondary N) is 1. The molecule has 31 heavy (non-hydrogen) atoms. The number of amides is 2. The highest BCUT2D eigenvalue weighted by molar-refractivity contribution is 6.31. The average Bonchev–Trinajstić information content (AvgIpc) is 3.08. The van der Waals surface area contributed by atoms with Gasteiger partial charge in [0, 0.05) is 16.4 Å². The summed E-state index contributed by atoms with van der Waals surface area (Å²) in [7, 11) is 0. The third-order valence-electron chi connectivity index (χ3n) is 4.54. The lowest BCUT2D eigenvalue weighted by Gasteiger charge is -2.29. The number of anilines is 2. The molecule has 3 rings (SSSR count). The number of aryl methyl sites for hydroxylation is 2. The van der Waals surface area contributed by atoms with E-state index in [1.807, 2.05) is 0 Å². The van der Waals surface area contributed by atoms with Crippen LogP contribution in [0.15, 0.2) is 24.3 Å². The zero-order valence-electron chi connectivity index (χ0n) is 16.5. The number of aromatic nitrogens is 2. The van der Waals surface area contributed by atoms with Gasteiger partial charge in [-0.3, -0.25) is 19.9 Å². The molecule has 11 heteroatoms. The Balaban J connectivity index is 2.00. The fourth-order valence-electron chi connectivity index (χ4n) is 3.08. The van der Waals surface area contributed by atoms with Crippen LogP contribution in [-0.2, 0) is 15.8 Å². The van der Waals surface area contributed by atoms with Crippen LogP contribution in [0.25, 0.3) is 0 Å². The van der Waals surface area contributed by atoms with Crippen LogP contribution in [0.2, 0.25) is 5.02 Å². The molecule has 2 aromatic rings. The normalized spacial score (nSPS) is 16.1. The number of hydrazine groups is 1. The smallest absolute Gasteiger partial charge is 0.299 e. The Bertz CT molecular complexity index is 1080. The van der Waals surface area contributed by atoms with E-state index in [0.29, 0.717) is 16.3 Å². The zero-order chi connectivity index (χ0) is 22.9. The second-order valence-electron chi connectivity index (χ2n) is 6.88. The number of benzene rings is 1. The Labute approximate surface area is 181 Å². The Morgan fingerprint density at radius 2 is 2.06 bits per heavy atom. The minimum absolute atomic E-state index is 0.0264. The van der Waals surface area contributed by atoms with E-state index in [1.165, 1.54) is 11.8 Å². The molecule has 1 aliphatic rings. The highest BCUT2D eigenvalue weighted by Crippen LogP contribution is 2.30. The first-order valence-corrected chi connectivity index (χ1v) is 9.41. The lowest BCUT2D eigenvalue weighted by Crippen LogP contribution is -2.50. The molecular weight excluding hydrogens is 435 g/mol. The quantitative estimate of drug-likeness (QED) is 0.723. The summed E-state index contributed by atoms with van der Waals surface area (Å²) in [4.78, 5) is 34.1. The van der Waals surface area contributed by atoms with Crippen molar-refractivity contribution in [3.63, 3.8) is 0 Å². The molecule has 1 fully saturated rings. The van der Waals surface area contributed by atoms with Crippen LogP contribution >= 0.6 is 11.6 Å². The number of alkyl halides is 3. The van der Waals surface area contributed by atoms with Crippen LogP contribution < -0.4 is 15.3 Å². The van der Waals surface area contributed by atoms with Gasteiger partial charge in [0.2, 0.25) is 11.9 Å². The Morgan fingerprint density at radius 3 is 2.68 bits per heavy atom. The highest BCUT2D eigenvalue weighted by Gasteiger charge is 2.41. The van der Waals surface area contributed by atoms with Crippen molar-refractivity contribution >= 4 is 35.1 Å². The van der Waals surface area contributed by atoms with Gasteiger partial charge in [-0.1, -0.05) is 17.5 Å². The lowest BCUT2D eigenvalue weighted by molar-refractivity contribution is -0.141. The molecule has 1 aromatic carbocycles. The SMILES string of the molecule is C#CCN(C(=O)C1CC(=O)NN1c1nc(C)cc(C(F)(F)F)n1)c1ccc(Cl)c(C)c1. The minimum atomic E-state index is -4.72. The van der Waals surface area contributed by atoms with Crippen molar-refractivity contribution in [2.75, 3.05) is 16.5 Å². The first-order chi connectivity index (χ1) is 14.5. The monoisotopic (exact) mass is 451 g/mol. The lowest BCUT2D eigenvalue weighted by atomic mass is 10.1. The van der Waals surface area contributed by atoms with E-state index in [4.69, 9.17) is 18.0 Å². The summed E-state index contributed by atoms with van der Waals surface area (Å²) in [6.45, 7) is 2.98. The number of halogens is 4. The largest absolute Gasteiger partial charge is 0.433 e. The Kier molecular flexibility index (Phi) is 6.08. The van der Waals surface area contributed by atoms with E-state index in [1.54, 1.807) is 25.1 Å². The predicted molar refractivity (Wildman–Crippen MR) is 108 cm³/mol. The second kappa shape index (κ2) is 8.43. The van der Waals surface area contributed by atoms with Gasteiger partial charge in [0.1, 0.15) is 11.7 Å². The molecule has 0 bridgehead atoms. The van der Waals surface area contributed by atoms with Crippen molar-refractivity contribution in [1.82, 2.24) is 15.4 Å². The molecule has 162 valence electrons. The summed E-state index contributed by atoms with van der Waals surface area (Å²) in [5.74, 6) is 0.771. The molecule has 1 atom stereocenters. The highest BCUT2D eigenvalue weighted by atomic mass is 35.5. The second-order valence-corrected chi connectivity index (χ2v) is 7.29. The number of hydrogen-bond acceptors (Lipinski definition) is 5. The van der Waals surface area contributed by atoms with E-state index >= 15 is 0 Å². The van der Waals surface area contributed by atoms with Gasteiger partial charge in [0.15, 0.2) is 0 Å². The molecular formula is C20H17ClF3N5O2. The number of hydrogen-bond donors (Lipinski definition) is 1. The molecule has 0 saturated carbocycles. The fraction of sp³-hybridized carbons (Fsp3) is 0.300. The Morgan fingerprint density at radius 1 is 1.35 bits per heavy atom. The summed E-state index contributed by atoms with van der Waals surface area (Å²) in [6, 6.07) is 4.41. The molecule has 1 saturated heterocycles. The standard InChI is InChI=1S/C20H17ClF3N5O2/c1-4-7-28(13-5-6-14(21)11(2)8-13)18(31)15-10-17(30)27-29(15)19-25-12(3)9-16(26-19)20(22,23)24/h1,5-6,8-9,15H,7,10H2,2-3H3,(H,27,30). The van der Waals surface area contributed by atoms with Crippen molar-refractivity contribution in [1.29, 1.82) is 0 Å². The van der Waals surface area contributed by atoms with E-state index in [2.05, 4.69) is 21.3 Å². The van der Waals surface area contributed by atoms with E-state index < -0.39 is 35.7 Å². The summed E-state index contributed by atoms with van der Waals surface area (Å²) in [5, 5.41) is 1.43. The number of rotatable bonds is 4. The van der Waals surface area contributed by atoms with Crippen molar-refractivity contribution < 1.29 is 22.8 Å². The number of carbonyl (C=O) groups is 2. The van der Waals surface area contributed by atoms with Crippen molar-refractivity contribution in [2.45, 2.75) is 32.5 Å². The predicted octanol–water partition coefficient (Wildman–Crippen LogP) is 3.04. The molecule has 1 unspecified atom stereocenters. The Hall–Kier alpha value is -3.32. The first-order valence-electron chi connectivity index (χ1n) is 9.04. The van der Waals surface area contributed by atoms with E-state index in [0.717, 1.165) is 11.1 Å². The topological polar surface area (TPSA) is 78.4 Å². The van der Waals surface area contributed by atoms with E-state index in [9.17, 15) is 22.8 Å². The number of nitrogens with zero attached hydrogens (tertiary/aromatic N) is 4.